The van der Waals surface area contributed by atoms with Crippen LogP contribution in [0.5, 0.6) is 0 Å². The summed E-state index contributed by atoms with van der Waals surface area (Å²) in [5, 5.41) is 12.1. The van der Waals surface area contributed by atoms with E-state index in [1.54, 1.807) is 27.8 Å². The first kappa shape index (κ1) is 24.5. The Kier molecular flexibility index (Phi) is 8.14. The van der Waals surface area contributed by atoms with Crippen molar-refractivity contribution in [2.45, 2.75) is 52.2 Å². The van der Waals surface area contributed by atoms with E-state index in [4.69, 9.17) is 27.9 Å². The van der Waals surface area contributed by atoms with Crippen LogP contribution in [-0.4, -0.2) is 52.6 Å². The standard InChI is InChI=1S/C22H29Cl2N5O3/c1-13(2)32-12-14(3)20-11-29(27-26-20)15(4)10-25-21(30)17-7-8-28(22(17)31)16-5-6-18(23)19(24)9-16/h5-6,9,11,13-15,17H,7-8,10,12H2,1-4H3,(H,25,30)/t14?,15-,17?/m1/s1. The quantitative estimate of drug-likeness (QED) is 0.549. The van der Waals surface area contributed by atoms with Crippen LogP contribution in [0.1, 0.15) is 51.8 Å². The van der Waals surface area contributed by atoms with Gasteiger partial charge in [-0.15, -0.1) is 5.10 Å². The van der Waals surface area contributed by atoms with Gasteiger partial charge in [0.2, 0.25) is 11.8 Å². The summed E-state index contributed by atoms with van der Waals surface area (Å²) in [5.41, 5.74) is 1.48. The number of halogens is 2. The van der Waals surface area contributed by atoms with E-state index in [9.17, 15) is 9.59 Å². The Morgan fingerprint density at radius 3 is 2.69 bits per heavy atom. The summed E-state index contributed by atoms with van der Waals surface area (Å²) >= 11 is 12.0. The highest BCUT2D eigenvalue weighted by Gasteiger charge is 2.37. The van der Waals surface area contributed by atoms with Gasteiger partial charge in [-0.1, -0.05) is 35.3 Å². The normalized spacial score (nSPS) is 18.3. The smallest absolute Gasteiger partial charge is 0.239 e. The average molecular weight is 482 g/mol. The van der Waals surface area contributed by atoms with Gasteiger partial charge in [-0.3, -0.25) is 9.59 Å². The van der Waals surface area contributed by atoms with Crippen molar-refractivity contribution in [1.29, 1.82) is 0 Å². The molecule has 2 heterocycles. The highest BCUT2D eigenvalue weighted by Crippen LogP contribution is 2.31. The first-order valence-corrected chi connectivity index (χ1v) is 11.5. The van der Waals surface area contributed by atoms with E-state index in [1.807, 2.05) is 33.9 Å². The summed E-state index contributed by atoms with van der Waals surface area (Å²) < 4.78 is 7.37. The molecule has 2 aromatic rings. The van der Waals surface area contributed by atoms with Crippen molar-refractivity contribution in [1.82, 2.24) is 20.3 Å². The fourth-order valence-electron chi connectivity index (χ4n) is 3.45. The molecule has 0 saturated carbocycles. The van der Waals surface area contributed by atoms with Gasteiger partial charge in [0.15, 0.2) is 0 Å². The van der Waals surface area contributed by atoms with Crippen LogP contribution < -0.4 is 10.2 Å². The van der Waals surface area contributed by atoms with Crippen molar-refractivity contribution in [2.24, 2.45) is 5.92 Å². The van der Waals surface area contributed by atoms with Crippen molar-refractivity contribution in [3.05, 3.63) is 40.1 Å². The number of anilines is 1. The Hall–Kier alpha value is -2.16. The van der Waals surface area contributed by atoms with Crippen LogP contribution in [0.3, 0.4) is 0 Å². The molecular weight excluding hydrogens is 453 g/mol. The molecule has 1 aromatic carbocycles. The molecule has 2 unspecified atom stereocenters. The van der Waals surface area contributed by atoms with Gasteiger partial charge in [-0.05, 0) is 45.4 Å². The van der Waals surface area contributed by atoms with Gasteiger partial charge in [0, 0.05) is 30.9 Å². The molecule has 8 nitrogen and oxygen atoms in total. The van der Waals surface area contributed by atoms with Crippen molar-refractivity contribution in [3.63, 3.8) is 0 Å². The summed E-state index contributed by atoms with van der Waals surface area (Å²) in [5.74, 6) is -1.13. The van der Waals surface area contributed by atoms with Crippen LogP contribution in [0.2, 0.25) is 10.0 Å². The number of ether oxygens (including phenoxy) is 1. The Labute approximate surface area is 198 Å². The molecule has 2 amide bonds. The molecular formula is C22H29Cl2N5O3. The summed E-state index contributed by atoms with van der Waals surface area (Å²) in [4.78, 5) is 27.0. The van der Waals surface area contributed by atoms with E-state index in [-0.39, 0.29) is 29.9 Å². The SMILES string of the molecule is CC(C)OCC(C)c1cn([C@H](C)CNC(=O)C2CCN(c3ccc(Cl)c(Cl)c3)C2=O)nn1. The largest absolute Gasteiger partial charge is 0.378 e. The third-order valence-corrected chi connectivity index (χ3v) is 6.21. The maximum Gasteiger partial charge on any atom is 0.239 e. The highest BCUT2D eigenvalue weighted by atomic mass is 35.5. The number of aromatic nitrogens is 3. The molecule has 0 spiro atoms. The number of benzene rings is 1. The monoisotopic (exact) mass is 481 g/mol. The first-order valence-electron chi connectivity index (χ1n) is 10.7. The summed E-state index contributed by atoms with van der Waals surface area (Å²) in [6, 6.07) is 4.90. The topological polar surface area (TPSA) is 89.4 Å². The Morgan fingerprint density at radius 2 is 2.00 bits per heavy atom. The Bertz CT molecular complexity index is 965. The second-order valence-electron chi connectivity index (χ2n) is 8.43. The van der Waals surface area contributed by atoms with Gasteiger partial charge in [0.05, 0.1) is 34.5 Å². The first-order chi connectivity index (χ1) is 15.2. The minimum atomic E-state index is -0.726. The lowest BCUT2D eigenvalue weighted by atomic mass is 10.1. The van der Waals surface area contributed by atoms with Crippen LogP contribution in [-0.2, 0) is 14.3 Å². The molecule has 174 valence electrons. The van der Waals surface area contributed by atoms with Crippen LogP contribution in [0.4, 0.5) is 5.69 Å². The molecule has 0 aliphatic carbocycles. The highest BCUT2D eigenvalue weighted by molar-refractivity contribution is 6.42. The van der Waals surface area contributed by atoms with Crippen LogP contribution >= 0.6 is 23.2 Å². The van der Waals surface area contributed by atoms with Crippen molar-refractivity contribution in [3.8, 4) is 0 Å². The third kappa shape index (κ3) is 5.79. The van der Waals surface area contributed by atoms with Gasteiger partial charge in [-0.25, -0.2) is 4.68 Å². The fraction of sp³-hybridized carbons (Fsp3) is 0.545. The number of rotatable bonds is 9. The zero-order valence-corrected chi connectivity index (χ0v) is 20.2. The average Bonchev–Trinajstić information content (AvgIpc) is 3.39. The van der Waals surface area contributed by atoms with Gasteiger partial charge in [0.25, 0.3) is 0 Å². The predicted molar refractivity (Wildman–Crippen MR) is 124 cm³/mol. The minimum Gasteiger partial charge on any atom is -0.378 e. The van der Waals surface area contributed by atoms with Crippen molar-refractivity contribution >= 4 is 40.7 Å². The molecule has 1 aromatic heterocycles. The zero-order chi connectivity index (χ0) is 23.4. The molecule has 1 N–H and O–H groups in total. The van der Waals surface area contributed by atoms with Crippen molar-refractivity contribution in [2.75, 3.05) is 24.6 Å². The van der Waals surface area contributed by atoms with E-state index in [1.165, 1.54) is 0 Å². The fourth-order valence-corrected chi connectivity index (χ4v) is 3.74. The second-order valence-corrected chi connectivity index (χ2v) is 9.24. The lowest BCUT2D eigenvalue weighted by Gasteiger charge is -2.18. The summed E-state index contributed by atoms with van der Waals surface area (Å²) in [6.45, 7) is 9.32. The Balaban J connectivity index is 1.53. The summed E-state index contributed by atoms with van der Waals surface area (Å²) in [7, 11) is 0. The number of hydrogen-bond donors (Lipinski definition) is 1. The van der Waals surface area contributed by atoms with Crippen molar-refractivity contribution < 1.29 is 14.3 Å². The molecule has 1 saturated heterocycles. The number of amides is 2. The van der Waals surface area contributed by atoms with E-state index in [2.05, 4.69) is 15.6 Å². The lowest BCUT2D eigenvalue weighted by molar-refractivity contribution is -0.132. The van der Waals surface area contributed by atoms with Gasteiger partial charge in [0.1, 0.15) is 5.92 Å². The second kappa shape index (κ2) is 10.6. The summed E-state index contributed by atoms with van der Waals surface area (Å²) in [6.07, 6.45) is 2.48. The molecule has 10 heteroatoms. The zero-order valence-electron chi connectivity index (χ0n) is 18.7. The Morgan fingerprint density at radius 1 is 1.25 bits per heavy atom. The molecule has 32 heavy (non-hydrogen) atoms. The van der Waals surface area contributed by atoms with E-state index in [0.29, 0.717) is 41.8 Å². The van der Waals surface area contributed by atoms with Crippen LogP contribution in [0.15, 0.2) is 24.4 Å². The van der Waals surface area contributed by atoms with Gasteiger partial charge < -0.3 is 15.0 Å². The van der Waals surface area contributed by atoms with E-state index < -0.39 is 5.92 Å². The number of carbonyl (C=O) groups excluding carboxylic acids is 2. The van der Waals surface area contributed by atoms with Crippen LogP contribution in [0, 0.1) is 5.92 Å². The molecule has 0 bridgehead atoms. The van der Waals surface area contributed by atoms with Gasteiger partial charge in [-0.2, -0.15) is 0 Å². The van der Waals surface area contributed by atoms with Crippen LogP contribution in [0.25, 0.3) is 0 Å². The molecule has 1 aliphatic heterocycles. The van der Waals surface area contributed by atoms with Gasteiger partial charge >= 0.3 is 0 Å². The number of nitrogens with zero attached hydrogens (tertiary/aromatic N) is 4. The number of carbonyl (C=O) groups is 2. The van der Waals surface area contributed by atoms with E-state index in [0.717, 1.165) is 5.69 Å². The molecule has 1 fully saturated rings. The molecule has 0 radical (unpaired) electrons. The minimum absolute atomic E-state index is 0.110. The number of hydrogen-bond acceptors (Lipinski definition) is 5. The predicted octanol–water partition coefficient (Wildman–Crippen LogP) is 3.84. The maximum absolute atomic E-state index is 12.8. The molecule has 3 rings (SSSR count). The number of nitrogens with one attached hydrogen (secondary N) is 1. The molecule has 3 atom stereocenters. The third-order valence-electron chi connectivity index (χ3n) is 5.47. The lowest BCUT2D eigenvalue weighted by Crippen LogP contribution is -2.39. The maximum atomic E-state index is 12.8. The molecule has 1 aliphatic rings. The van der Waals surface area contributed by atoms with E-state index >= 15 is 0 Å².